The Morgan fingerprint density at radius 1 is 1.47 bits per heavy atom. The Labute approximate surface area is 107 Å². The van der Waals surface area contributed by atoms with Crippen molar-refractivity contribution in [3.63, 3.8) is 0 Å². The molecule has 1 aromatic carbocycles. The van der Waals surface area contributed by atoms with Gasteiger partial charge < -0.3 is 10.1 Å². The van der Waals surface area contributed by atoms with Crippen LogP contribution in [0.2, 0.25) is 0 Å². The predicted molar refractivity (Wildman–Crippen MR) is 66.1 cm³/mol. The number of ether oxygens (including phenoxy) is 1. The summed E-state index contributed by atoms with van der Waals surface area (Å²) >= 11 is 3.16. The molecule has 1 N–H and O–H groups in total. The minimum Gasteiger partial charge on any atom is -0.383 e. The van der Waals surface area contributed by atoms with Gasteiger partial charge in [0.2, 0.25) is 0 Å². The summed E-state index contributed by atoms with van der Waals surface area (Å²) in [6.07, 6.45) is 2.25. The second kappa shape index (κ2) is 5.31. The van der Waals surface area contributed by atoms with Gasteiger partial charge in [-0.3, -0.25) is 0 Å². The summed E-state index contributed by atoms with van der Waals surface area (Å²) in [5.41, 5.74) is 0.306. The van der Waals surface area contributed by atoms with Crippen LogP contribution in [-0.4, -0.2) is 19.8 Å². The fraction of sp³-hybridized carbons (Fsp3) is 0.500. The molecule has 0 aromatic heterocycles. The normalized spacial score (nSPS) is 16.9. The fourth-order valence-corrected chi connectivity index (χ4v) is 2.36. The summed E-state index contributed by atoms with van der Waals surface area (Å²) in [6, 6.07) is 2.21. The maximum absolute atomic E-state index is 13.6. The zero-order valence-corrected chi connectivity index (χ0v) is 11.1. The lowest BCUT2D eigenvalue weighted by molar-refractivity contribution is 0.179. The van der Waals surface area contributed by atoms with Gasteiger partial charge in [-0.05, 0) is 40.8 Å². The summed E-state index contributed by atoms with van der Waals surface area (Å²) in [5, 5.41) is 3.09. The van der Waals surface area contributed by atoms with Crippen molar-refractivity contribution in [2.75, 3.05) is 19.0 Å². The summed E-state index contributed by atoms with van der Waals surface area (Å²) < 4.78 is 32.1. The van der Waals surface area contributed by atoms with Gasteiger partial charge in [-0.2, -0.15) is 0 Å². The van der Waals surface area contributed by atoms with E-state index in [1.54, 1.807) is 7.11 Å². The Balaban J connectivity index is 2.16. The first-order valence-corrected chi connectivity index (χ1v) is 6.31. The molecule has 2 nitrogen and oxygen atoms in total. The molecule has 1 atom stereocenters. The van der Waals surface area contributed by atoms with Gasteiger partial charge >= 0.3 is 0 Å². The van der Waals surface area contributed by atoms with Crippen LogP contribution in [0.1, 0.15) is 12.8 Å². The molecule has 0 saturated heterocycles. The number of methoxy groups -OCH3 is 1. The Hall–Kier alpha value is -0.680. The van der Waals surface area contributed by atoms with Gasteiger partial charge in [0.15, 0.2) is 0 Å². The highest BCUT2D eigenvalue weighted by Crippen LogP contribution is 2.36. The van der Waals surface area contributed by atoms with E-state index in [1.807, 2.05) is 0 Å². The zero-order valence-electron chi connectivity index (χ0n) is 9.47. The number of benzene rings is 1. The van der Waals surface area contributed by atoms with E-state index in [0.717, 1.165) is 18.9 Å². The van der Waals surface area contributed by atoms with Crippen molar-refractivity contribution >= 4 is 21.6 Å². The van der Waals surface area contributed by atoms with Crippen molar-refractivity contribution in [1.82, 2.24) is 0 Å². The van der Waals surface area contributed by atoms with E-state index in [2.05, 4.69) is 21.2 Å². The third-order valence-electron chi connectivity index (χ3n) is 2.87. The standard InChI is InChI=1S/C12H14BrF2NO/c1-17-6-11(7-2-3-7)16-12-9(13)4-8(14)5-10(12)15/h4-5,7,11,16H,2-3,6H2,1H3. The molecule has 0 bridgehead atoms. The molecule has 1 unspecified atom stereocenters. The average molecular weight is 306 g/mol. The van der Waals surface area contributed by atoms with Gasteiger partial charge in [-0.25, -0.2) is 8.78 Å². The molecule has 17 heavy (non-hydrogen) atoms. The van der Waals surface area contributed by atoms with Crippen LogP contribution in [0.15, 0.2) is 16.6 Å². The van der Waals surface area contributed by atoms with Crippen LogP contribution in [0.25, 0.3) is 0 Å². The molecule has 1 fully saturated rings. The summed E-state index contributed by atoms with van der Waals surface area (Å²) in [5.74, 6) is -0.653. The molecule has 2 rings (SSSR count). The Morgan fingerprint density at radius 2 is 2.18 bits per heavy atom. The molecule has 1 aliphatic rings. The zero-order chi connectivity index (χ0) is 12.4. The second-order valence-electron chi connectivity index (χ2n) is 4.29. The van der Waals surface area contributed by atoms with Crippen molar-refractivity contribution < 1.29 is 13.5 Å². The average Bonchev–Trinajstić information content (AvgIpc) is 3.05. The first kappa shape index (κ1) is 12.8. The van der Waals surface area contributed by atoms with Crippen molar-refractivity contribution in [2.45, 2.75) is 18.9 Å². The molecule has 1 aromatic rings. The van der Waals surface area contributed by atoms with E-state index < -0.39 is 11.6 Å². The highest BCUT2D eigenvalue weighted by atomic mass is 79.9. The molecule has 94 valence electrons. The van der Waals surface area contributed by atoms with Crippen LogP contribution in [0.5, 0.6) is 0 Å². The quantitative estimate of drug-likeness (QED) is 0.898. The van der Waals surface area contributed by atoms with Gasteiger partial charge in [0.25, 0.3) is 0 Å². The van der Waals surface area contributed by atoms with Crippen LogP contribution in [0.3, 0.4) is 0 Å². The second-order valence-corrected chi connectivity index (χ2v) is 5.14. The van der Waals surface area contributed by atoms with Gasteiger partial charge in [-0.15, -0.1) is 0 Å². The van der Waals surface area contributed by atoms with Crippen molar-refractivity contribution in [3.8, 4) is 0 Å². The van der Waals surface area contributed by atoms with E-state index in [9.17, 15) is 8.78 Å². The number of hydrogen-bond donors (Lipinski definition) is 1. The number of anilines is 1. The topological polar surface area (TPSA) is 21.3 Å². The monoisotopic (exact) mass is 305 g/mol. The third kappa shape index (κ3) is 3.16. The maximum atomic E-state index is 13.6. The lowest BCUT2D eigenvalue weighted by Gasteiger charge is -2.20. The van der Waals surface area contributed by atoms with Gasteiger partial charge in [0.1, 0.15) is 11.6 Å². The number of hydrogen-bond acceptors (Lipinski definition) is 2. The van der Waals surface area contributed by atoms with Crippen LogP contribution < -0.4 is 5.32 Å². The smallest absolute Gasteiger partial charge is 0.150 e. The molecule has 0 heterocycles. The predicted octanol–water partition coefficient (Wildman–Crippen LogP) is 3.56. The number of halogens is 3. The van der Waals surface area contributed by atoms with E-state index in [0.29, 0.717) is 22.7 Å². The van der Waals surface area contributed by atoms with Crippen LogP contribution in [0.4, 0.5) is 14.5 Å². The van der Waals surface area contributed by atoms with Crippen molar-refractivity contribution in [1.29, 1.82) is 0 Å². The first-order chi connectivity index (χ1) is 8.11. The lowest BCUT2D eigenvalue weighted by Crippen LogP contribution is -2.27. The minimum atomic E-state index is -0.588. The largest absolute Gasteiger partial charge is 0.383 e. The van der Waals surface area contributed by atoms with Crippen LogP contribution >= 0.6 is 15.9 Å². The molecule has 0 aliphatic heterocycles. The molecule has 5 heteroatoms. The Morgan fingerprint density at radius 3 is 2.71 bits per heavy atom. The minimum absolute atomic E-state index is 0.0799. The summed E-state index contributed by atoms with van der Waals surface area (Å²) in [4.78, 5) is 0. The highest BCUT2D eigenvalue weighted by Gasteiger charge is 2.32. The Kier molecular flexibility index (Phi) is 3.99. The third-order valence-corrected chi connectivity index (χ3v) is 3.50. The summed E-state index contributed by atoms with van der Waals surface area (Å²) in [6.45, 7) is 0.522. The summed E-state index contributed by atoms with van der Waals surface area (Å²) in [7, 11) is 1.62. The van der Waals surface area contributed by atoms with E-state index in [1.165, 1.54) is 6.07 Å². The number of rotatable bonds is 5. The number of nitrogens with one attached hydrogen (secondary N) is 1. The molecule has 0 spiro atoms. The lowest BCUT2D eigenvalue weighted by atomic mass is 10.2. The highest BCUT2D eigenvalue weighted by molar-refractivity contribution is 9.10. The first-order valence-electron chi connectivity index (χ1n) is 5.52. The van der Waals surface area contributed by atoms with Crippen molar-refractivity contribution in [2.24, 2.45) is 5.92 Å². The molecular weight excluding hydrogens is 292 g/mol. The van der Waals surface area contributed by atoms with E-state index >= 15 is 0 Å². The fourth-order valence-electron chi connectivity index (χ4n) is 1.84. The van der Waals surface area contributed by atoms with Crippen LogP contribution in [-0.2, 0) is 4.74 Å². The molecule has 0 amide bonds. The van der Waals surface area contributed by atoms with Gasteiger partial charge in [-0.1, -0.05) is 0 Å². The Bertz CT molecular complexity index is 386. The van der Waals surface area contributed by atoms with Crippen LogP contribution in [0, 0.1) is 17.6 Å². The molecule has 1 saturated carbocycles. The van der Waals surface area contributed by atoms with Crippen molar-refractivity contribution in [3.05, 3.63) is 28.2 Å². The van der Waals surface area contributed by atoms with Gasteiger partial charge in [0.05, 0.1) is 18.3 Å². The van der Waals surface area contributed by atoms with E-state index in [4.69, 9.17) is 4.74 Å². The van der Waals surface area contributed by atoms with E-state index in [-0.39, 0.29) is 6.04 Å². The molecular formula is C12H14BrF2NO. The molecule has 0 radical (unpaired) electrons. The maximum Gasteiger partial charge on any atom is 0.150 e. The SMILES string of the molecule is COCC(Nc1c(F)cc(F)cc1Br)C1CC1. The molecule has 1 aliphatic carbocycles. The van der Waals surface area contributed by atoms with Gasteiger partial charge in [0, 0.05) is 17.6 Å².